The van der Waals surface area contributed by atoms with Crippen molar-refractivity contribution >= 4 is 39.0 Å². The fourth-order valence-electron chi connectivity index (χ4n) is 4.15. The van der Waals surface area contributed by atoms with E-state index in [1.54, 1.807) is 11.8 Å². The summed E-state index contributed by atoms with van der Waals surface area (Å²) < 4.78 is 6.30. The van der Waals surface area contributed by atoms with Crippen LogP contribution in [-0.4, -0.2) is 61.0 Å². The Kier molecular flexibility index (Phi) is 6.57. The first-order valence-corrected chi connectivity index (χ1v) is 11.9. The fourth-order valence-corrected chi connectivity index (χ4v) is 5.28. The topological polar surface area (TPSA) is 87.0 Å². The van der Waals surface area contributed by atoms with Crippen LogP contribution in [0.15, 0.2) is 40.1 Å². The Hall–Kier alpha value is -2.07. The highest BCUT2D eigenvalue weighted by Crippen LogP contribution is 2.39. The molecule has 1 unspecified atom stereocenters. The monoisotopic (exact) mass is 505 g/mol. The van der Waals surface area contributed by atoms with E-state index in [9.17, 15) is 14.7 Å². The summed E-state index contributed by atoms with van der Waals surface area (Å²) in [7, 11) is 0. The summed E-state index contributed by atoms with van der Waals surface area (Å²) in [5, 5.41) is 13.8. The van der Waals surface area contributed by atoms with Crippen LogP contribution >= 0.6 is 27.3 Å². The number of rotatable bonds is 6. The Bertz CT molecular complexity index is 1030. The quantitative estimate of drug-likeness (QED) is 0.587. The second-order valence-corrected chi connectivity index (χ2v) is 9.90. The molecule has 0 aliphatic carbocycles. The molecule has 164 valence electrons. The molecule has 3 heterocycles. The average Bonchev–Trinajstić information content (AvgIpc) is 3.23. The highest BCUT2D eigenvalue weighted by Gasteiger charge is 2.40. The maximum absolute atomic E-state index is 13.4. The first-order chi connectivity index (χ1) is 14.9. The summed E-state index contributed by atoms with van der Waals surface area (Å²) in [5.74, 6) is -1.71. The zero-order valence-electron chi connectivity index (χ0n) is 17.4. The van der Waals surface area contributed by atoms with Crippen molar-refractivity contribution < 1.29 is 24.3 Å². The number of ketones is 1. The van der Waals surface area contributed by atoms with Crippen molar-refractivity contribution in [3.05, 3.63) is 61.2 Å². The maximum Gasteiger partial charge on any atom is 0.240 e. The molecule has 1 atom stereocenters. The van der Waals surface area contributed by atoms with E-state index in [-0.39, 0.29) is 5.57 Å². The number of carbonyl (C=O) groups excluding carboxylic acids is 2. The van der Waals surface area contributed by atoms with Crippen LogP contribution in [-0.2, 0) is 9.53 Å². The van der Waals surface area contributed by atoms with Crippen LogP contribution in [0, 0.1) is 13.8 Å². The average molecular weight is 506 g/mol. The summed E-state index contributed by atoms with van der Waals surface area (Å²) in [6, 6.07) is 6.74. The third-order valence-corrected chi connectivity index (χ3v) is 7.33. The van der Waals surface area contributed by atoms with Crippen molar-refractivity contribution in [2.45, 2.75) is 19.9 Å². The largest absolute Gasteiger partial charge is 0.868 e. The number of hydrogen-bond acceptors (Lipinski definition) is 6. The number of Topliss-reactive ketones (excluding diaryl/α,β-unsaturated/α-hetero) is 1. The molecule has 0 radical (unpaired) electrons. The van der Waals surface area contributed by atoms with Crippen LogP contribution in [0.3, 0.4) is 0 Å². The lowest BCUT2D eigenvalue weighted by Crippen LogP contribution is -3.14. The number of nitrogens with one attached hydrogen (secondary N) is 1. The number of ether oxygens (including phenoxy) is 1. The molecule has 1 amide bonds. The van der Waals surface area contributed by atoms with E-state index in [1.807, 2.05) is 31.2 Å². The zero-order chi connectivity index (χ0) is 22.1. The highest BCUT2D eigenvalue weighted by molar-refractivity contribution is 9.10. The van der Waals surface area contributed by atoms with E-state index in [4.69, 9.17) is 4.74 Å². The Balaban J connectivity index is 1.69. The lowest BCUT2D eigenvalue weighted by Gasteiger charge is -2.30. The maximum atomic E-state index is 13.4. The molecule has 2 aromatic rings. The van der Waals surface area contributed by atoms with E-state index in [2.05, 4.69) is 20.9 Å². The zero-order valence-corrected chi connectivity index (χ0v) is 19.8. The normalized spacial score (nSPS) is 20.0. The van der Waals surface area contributed by atoms with Gasteiger partial charge in [-0.25, -0.2) is 4.98 Å². The summed E-state index contributed by atoms with van der Waals surface area (Å²) in [6.07, 6.45) is 0. The standard InChI is InChI=1S/C22H24BrN3O4S/c1-13-21(31-14(2)24-13)19(27)17-18(15-3-5-16(23)6-4-15)26(22(29)20(17)28)8-7-25-9-11-30-12-10-25/h3-6,18,28H,7-12H2,1-2H3. The number of hydrogen-bond donors (Lipinski definition) is 1. The highest BCUT2D eigenvalue weighted by atomic mass is 79.9. The summed E-state index contributed by atoms with van der Waals surface area (Å²) in [5.41, 5.74) is 1.36. The van der Waals surface area contributed by atoms with Crippen molar-refractivity contribution in [1.29, 1.82) is 0 Å². The van der Waals surface area contributed by atoms with Gasteiger partial charge in [0.05, 0.1) is 47.9 Å². The minimum Gasteiger partial charge on any atom is -0.868 e. The fraction of sp³-hybridized carbons (Fsp3) is 0.409. The second-order valence-electron chi connectivity index (χ2n) is 7.78. The van der Waals surface area contributed by atoms with Gasteiger partial charge < -0.3 is 19.6 Å². The number of benzene rings is 1. The van der Waals surface area contributed by atoms with E-state index in [0.29, 0.717) is 36.9 Å². The molecule has 0 bridgehead atoms. The number of amides is 1. The van der Waals surface area contributed by atoms with E-state index < -0.39 is 23.5 Å². The number of morpholine rings is 1. The Labute approximate surface area is 193 Å². The third kappa shape index (κ3) is 4.45. The van der Waals surface area contributed by atoms with Gasteiger partial charge in [-0.3, -0.25) is 9.59 Å². The number of thiazole rings is 1. The smallest absolute Gasteiger partial charge is 0.240 e. The third-order valence-electron chi connectivity index (χ3n) is 5.73. The predicted molar refractivity (Wildman–Crippen MR) is 118 cm³/mol. The van der Waals surface area contributed by atoms with Gasteiger partial charge in [-0.05, 0) is 37.3 Å². The van der Waals surface area contributed by atoms with Gasteiger partial charge in [0.1, 0.15) is 13.1 Å². The van der Waals surface area contributed by atoms with Gasteiger partial charge in [0.15, 0.2) is 0 Å². The second kappa shape index (κ2) is 9.20. The van der Waals surface area contributed by atoms with Crippen LogP contribution < -0.4 is 10.0 Å². The Morgan fingerprint density at radius 1 is 1.29 bits per heavy atom. The molecule has 2 aliphatic rings. The van der Waals surface area contributed by atoms with Crippen LogP contribution in [0.2, 0.25) is 0 Å². The van der Waals surface area contributed by atoms with Crippen LogP contribution in [0.1, 0.15) is 32.0 Å². The molecule has 1 N–H and O–H groups in total. The number of aryl methyl sites for hydroxylation is 2. The molecule has 31 heavy (non-hydrogen) atoms. The van der Waals surface area contributed by atoms with Crippen molar-refractivity contribution in [3.63, 3.8) is 0 Å². The first kappa shape index (κ1) is 22.1. The number of halogens is 1. The van der Waals surface area contributed by atoms with Crippen LogP contribution in [0.5, 0.6) is 0 Å². The Morgan fingerprint density at radius 2 is 1.97 bits per heavy atom. The lowest BCUT2D eigenvalue weighted by atomic mass is 9.95. The molecular formula is C22H24BrN3O4S. The number of nitrogens with zero attached hydrogens (tertiary/aromatic N) is 2. The van der Waals surface area contributed by atoms with Crippen molar-refractivity contribution in [2.24, 2.45) is 0 Å². The summed E-state index contributed by atoms with van der Waals surface area (Å²) >= 11 is 4.69. The van der Waals surface area contributed by atoms with Gasteiger partial charge in [-0.2, -0.15) is 0 Å². The van der Waals surface area contributed by atoms with Gasteiger partial charge >= 0.3 is 0 Å². The summed E-state index contributed by atoms with van der Waals surface area (Å²) in [6.45, 7) is 7.81. The minimum atomic E-state index is -0.708. The van der Waals surface area contributed by atoms with Crippen molar-refractivity contribution in [3.8, 4) is 0 Å². The predicted octanol–water partition coefficient (Wildman–Crippen LogP) is 0.818. The molecule has 1 aromatic carbocycles. The molecule has 1 fully saturated rings. The van der Waals surface area contributed by atoms with Gasteiger partial charge in [0.25, 0.3) is 0 Å². The lowest BCUT2D eigenvalue weighted by molar-refractivity contribution is -0.907. The molecule has 1 saturated heterocycles. The molecule has 1 aromatic heterocycles. The number of quaternary nitrogens is 1. The van der Waals surface area contributed by atoms with Crippen LogP contribution in [0.25, 0.3) is 0 Å². The Morgan fingerprint density at radius 3 is 2.58 bits per heavy atom. The molecule has 2 aliphatic heterocycles. The van der Waals surface area contributed by atoms with Gasteiger partial charge in [-0.1, -0.05) is 28.1 Å². The number of aromatic nitrogens is 1. The molecule has 0 spiro atoms. The molecule has 9 heteroatoms. The van der Waals surface area contributed by atoms with Crippen molar-refractivity contribution in [2.75, 3.05) is 39.4 Å². The van der Waals surface area contributed by atoms with E-state index in [0.717, 1.165) is 28.1 Å². The summed E-state index contributed by atoms with van der Waals surface area (Å²) in [4.78, 5) is 34.1. The van der Waals surface area contributed by atoms with E-state index >= 15 is 0 Å². The first-order valence-electron chi connectivity index (χ1n) is 10.2. The molecule has 7 nitrogen and oxygen atoms in total. The molecule has 0 saturated carbocycles. The SMILES string of the molecule is Cc1nc(C)c(C(=O)C2=C([O-])C(=O)N(CC[NH+]3CCOCC3)C2c2ccc(Br)cc2)s1. The minimum absolute atomic E-state index is 0.0241. The van der Waals surface area contributed by atoms with Gasteiger partial charge in [0, 0.05) is 10.0 Å². The van der Waals surface area contributed by atoms with Crippen molar-refractivity contribution in [1.82, 2.24) is 9.88 Å². The van der Waals surface area contributed by atoms with Gasteiger partial charge in [-0.15, -0.1) is 11.3 Å². The van der Waals surface area contributed by atoms with Crippen LogP contribution in [0.4, 0.5) is 0 Å². The van der Waals surface area contributed by atoms with E-state index in [1.165, 1.54) is 16.2 Å². The molecular weight excluding hydrogens is 482 g/mol. The molecule has 4 rings (SSSR count). The number of carbonyl (C=O) groups is 2. The van der Waals surface area contributed by atoms with Gasteiger partial charge in [0.2, 0.25) is 11.7 Å².